The number of aliphatic imine (C=N–C) groups is 1. The number of rotatable bonds is 15. The molecular formula is C69H86ClN15O12. The van der Waals surface area contributed by atoms with Crippen molar-refractivity contribution in [2.24, 2.45) is 22.4 Å². The van der Waals surface area contributed by atoms with Gasteiger partial charge in [-0.2, -0.15) is 0 Å². The number of hydrogen-bond donors (Lipinski definition) is 13. The molecule has 0 aliphatic carbocycles. The number of fused-ring (bicyclic) bond motifs is 4. The molecule has 2 aromatic heterocycles. The predicted octanol–water partition coefficient (Wildman–Crippen LogP) is 1.61. The molecule has 9 rings (SSSR count). The number of carbonyl (C=O) groups is 10. The highest BCUT2D eigenvalue weighted by Gasteiger charge is 2.42. The average Bonchev–Trinajstić information content (AvgIpc) is 1.79. The van der Waals surface area contributed by atoms with Gasteiger partial charge in [-0.1, -0.05) is 86.1 Å². The van der Waals surface area contributed by atoms with Crippen molar-refractivity contribution in [2.45, 2.75) is 145 Å². The number of benzene rings is 4. The first kappa shape index (κ1) is 71.3. The number of nitrogens with two attached hydrogens (primary N) is 2. The van der Waals surface area contributed by atoms with E-state index in [0.717, 1.165) is 5.52 Å². The highest BCUT2D eigenvalue weighted by atomic mass is 35.5. The van der Waals surface area contributed by atoms with Gasteiger partial charge in [0.2, 0.25) is 59.1 Å². The third-order valence-corrected chi connectivity index (χ3v) is 18.2. The second kappa shape index (κ2) is 33.1. The van der Waals surface area contributed by atoms with Crippen LogP contribution in [0.2, 0.25) is 5.02 Å². The fourth-order valence-electron chi connectivity index (χ4n) is 12.9. The number of nitrogens with one attached hydrogen (secondary N) is 9. The van der Waals surface area contributed by atoms with Gasteiger partial charge in [-0.3, -0.25) is 52.9 Å². The van der Waals surface area contributed by atoms with Crippen LogP contribution in [0.5, 0.6) is 5.75 Å². The zero-order chi connectivity index (χ0) is 69.4. The number of guanidine groups is 1. The summed E-state index contributed by atoms with van der Waals surface area (Å²) in [5.74, 6) is -8.01. The topological polar surface area (TPSA) is 401 Å². The smallest absolute Gasteiger partial charge is 0.245 e. The van der Waals surface area contributed by atoms with Crippen molar-refractivity contribution < 1.29 is 58.2 Å². The number of para-hydroxylation sites is 2. The number of aromatic hydroxyl groups is 1. The number of H-pyrrole nitrogens is 2. The van der Waals surface area contributed by atoms with Crippen molar-refractivity contribution in [1.29, 1.82) is 0 Å². The number of phenols is 1. The van der Waals surface area contributed by atoms with Crippen LogP contribution in [0, 0.1) is 5.92 Å². The molecule has 0 radical (unpaired) electrons. The van der Waals surface area contributed by atoms with Gasteiger partial charge in [0.25, 0.3) is 0 Å². The number of aliphatic hydroxyl groups excluding tert-OH is 1. The number of carbonyl (C=O) groups excluding carboxylic acids is 10. The minimum Gasteiger partial charge on any atom is -0.508 e. The van der Waals surface area contributed by atoms with E-state index in [1.807, 2.05) is 50.2 Å². The molecule has 27 nitrogen and oxygen atoms in total. The SMILES string of the molecule is CC(C)C[C@@H]1C(=O)N[C@@H](CCCN=C(N)N)C(=O)N2CCC[C@@H]2C(=O)NCCC(=O)N2CCC[C@@H]2C(=O)N[C@@H](Cc2ccc(Cl)cc2)C(=O)N[C@H](Cc2c[nH]c3ccccc23)C(=O)N[C@@H](CO)C(=O)N[C@H](Cc2ccc(O)cc2)C(=O)N[C@@H](Cc2c[nH]c3ccccc23)C(=O)N1C. The Bertz CT molecular complexity index is 3850. The molecule has 3 fully saturated rings. The molecule has 28 heteroatoms. The van der Waals surface area contributed by atoms with E-state index in [0.29, 0.717) is 56.4 Å². The van der Waals surface area contributed by atoms with Crippen molar-refractivity contribution in [1.82, 2.24) is 61.9 Å². The van der Waals surface area contributed by atoms with E-state index in [4.69, 9.17) is 23.1 Å². The summed E-state index contributed by atoms with van der Waals surface area (Å²) in [6.07, 6.45) is 3.99. The first-order valence-corrected chi connectivity index (χ1v) is 33.2. The number of amides is 10. The van der Waals surface area contributed by atoms with Crippen LogP contribution in [0.4, 0.5) is 0 Å². The number of phenolic OH excluding ortho intramolecular Hbond substituents is 1. The summed E-state index contributed by atoms with van der Waals surface area (Å²) in [4.78, 5) is 163. The molecule has 3 aliphatic rings. The van der Waals surface area contributed by atoms with Gasteiger partial charge in [0.15, 0.2) is 5.96 Å². The number of aliphatic hydroxyl groups is 1. The molecule has 15 N–H and O–H groups in total. The van der Waals surface area contributed by atoms with Crippen LogP contribution in [-0.2, 0) is 73.6 Å². The zero-order valence-corrected chi connectivity index (χ0v) is 55.2. The second-order valence-corrected chi connectivity index (χ2v) is 25.8. The van der Waals surface area contributed by atoms with Crippen LogP contribution in [-0.4, -0.2) is 194 Å². The number of hydrogen-bond acceptors (Lipinski definition) is 13. The Kier molecular flexibility index (Phi) is 24.3. The van der Waals surface area contributed by atoms with Gasteiger partial charge in [0.05, 0.1) is 6.61 Å². The Morgan fingerprint density at radius 2 is 1.06 bits per heavy atom. The largest absolute Gasteiger partial charge is 0.508 e. The van der Waals surface area contributed by atoms with Gasteiger partial charge in [-0.15, -0.1) is 0 Å². The molecule has 6 aromatic rings. The van der Waals surface area contributed by atoms with E-state index in [-0.39, 0.29) is 108 Å². The number of aromatic nitrogens is 2. The lowest BCUT2D eigenvalue weighted by molar-refractivity contribution is -0.145. The van der Waals surface area contributed by atoms with Gasteiger partial charge in [-0.05, 0) is 110 Å². The van der Waals surface area contributed by atoms with Gasteiger partial charge >= 0.3 is 0 Å². The molecule has 3 aliphatic heterocycles. The zero-order valence-electron chi connectivity index (χ0n) is 54.5. The summed E-state index contributed by atoms with van der Waals surface area (Å²) in [5, 5.41) is 42.6. The standard InChI is InChI=1S/C69H86ClN15O12/c1-39(2)31-58-66(95)77-50(15-8-27-74-69(71)72)68(97)85-30-10-16-56(85)64(93)73-28-26-59(88)84-29-9-17-57(84)65(94)80-52(32-40-18-22-44(70)23-19-40)60(89)79-53(34-42-36-75-48-13-6-4-11-46(42)48)62(91)82-55(38-86)63(92)78-51(33-41-20-24-45(87)25-21-41)61(90)81-54(67(96)83(58)3)35-43-37-76-49-14-7-5-12-47(43)49/h4-7,11-14,18-25,36-37,39,50-58,75-76,86-87H,8-10,15-17,26-35,38H2,1-3H3,(H,73,93)(H,77,95)(H,78,92)(H,79,89)(H,80,94)(H,81,90)(H,82,91)(H4,71,72,74)/t50-,51+,52-,53+,54-,55-,56+,57+,58+/m0/s1. The molecule has 0 bridgehead atoms. The quantitative estimate of drug-likeness (QED) is 0.0395. The maximum absolute atomic E-state index is 15.5. The third-order valence-electron chi connectivity index (χ3n) is 18.0. The normalized spacial score (nSPS) is 23.6. The summed E-state index contributed by atoms with van der Waals surface area (Å²) >= 11 is 6.27. The Balaban J connectivity index is 1.10. The van der Waals surface area contributed by atoms with Crippen LogP contribution in [0.15, 0.2) is 114 Å². The van der Waals surface area contributed by atoms with E-state index >= 15 is 14.4 Å². The molecule has 0 saturated carbocycles. The van der Waals surface area contributed by atoms with E-state index in [9.17, 15) is 43.8 Å². The Morgan fingerprint density at radius 3 is 1.63 bits per heavy atom. The summed E-state index contributed by atoms with van der Waals surface area (Å²) in [6, 6.07) is 14.5. The lowest BCUT2D eigenvalue weighted by atomic mass is 9.98. The Morgan fingerprint density at radius 1 is 0.577 bits per heavy atom. The van der Waals surface area contributed by atoms with E-state index < -0.39 is 120 Å². The van der Waals surface area contributed by atoms with E-state index in [2.05, 4.69) is 52.2 Å². The fraction of sp³-hybridized carbons (Fsp3) is 0.435. The van der Waals surface area contributed by atoms with Gasteiger partial charge < -0.3 is 83.6 Å². The number of aromatic amines is 2. The lowest BCUT2D eigenvalue weighted by Crippen LogP contribution is -2.62. The predicted molar refractivity (Wildman–Crippen MR) is 363 cm³/mol. The summed E-state index contributed by atoms with van der Waals surface area (Å²) in [5.41, 5.74) is 14.9. The second-order valence-electron chi connectivity index (χ2n) is 25.4. The molecule has 516 valence electrons. The summed E-state index contributed by atoms with van der Waals surface area (Å²) in [6.45, 7) is 2.91. The van der Waals surface area contributed by atoms with Gasteiger partial charge in [0.1, 0.15) is 60.1 Å². The minimum absolute atomic E-state index is 0.00365. The van der Waals surface area contributed by atoms with Crippen LogP contribution < -0.4 is 48.7 Å². The Hall–Kier alpha value is -10.0. The van der Waals surface area contributed by atoms with Crippen molar-refractivity contribution in [2.75, 3.05) is 39.8 Å². The minimum atomic E-state index is -1.79. The summed E-state index contributed by atoms with van der Waals surface area (Å²) < 4.78 is 0. The van der Waals surface area contributed by atoms with Crippen LogP contribution in [0.1, 0.15) is 87.5 Å². The number of likely N-dealkylation sites (N-methyl/N-ethyl adjacent to an activating group) is 1. The highest BCUT2D eigenvalue weighted by Crippen LogP contribution is 2.26. The molecule has 97 heavy (non-hydrogen) atoms. The molecular weight excluding hydrogens is 1270 g/mol. The number of nitrogens with zero attached hydrogens (tertiary/aromatic N) is 4. The van der Waals surface area contributed by atoms with Crippen molar-refractivity contribution in [3.63, 3.8) is 0 Å². The van der Waals surface area contributed by atoms with Crippen molar-refractivity contribution in [3.8, 4) is 5.75 Å². The molecule has 3 saturated heterocycles. The van der Waals surface area contributed by atoms with Gasteiger partial charge in [0, 0.05) is 105 Å². The highest BCUT2D eigenvalue weighted by molar-refractivity contribution is 6.30. The molecule has 4 aromatic carbocycles. The first-order chi connectivity index (χ1) is 46.5. The van der Waals surface area contributed by atoms with Crippen molar-refractivity contribution in [3.05, 3.63) is 137 Å². The monoisotopic (exact) mass is 1350 g/mol. The molecule has 9 atom stereocenters. The molecule has 5 heterocycles. The maximum Gasteiger partial charge on any atom is 0.245 e. The fourth-order valence-corrected chi connectivity index (χ4v) is 13.0. The maximum atomic E-state index is 15.5. The van der Waals surface area contributed by atoms with Crippen LogP contribution >= 0.6 is 11.6 Å². The van der Waals surface area contributed by atoms with Crippen LogP contribution in [0.25, 0.3) is 21.8 Å². The molecule has 0 unspecified atom stereocenters. The van der Waals surface area contributed by atoms with Crippen LogP contribution in [0.3, 0.4) is 0 Å². The third kappa shape index (κ3) is 18.5. The van der Waals surface area contributed by atoms with Crippen molar-refractivity contribution >= 4 is 98.4 Å². The number of halogens is 1. The van der Waals surface area contributed by atoms with E-state index in [1.165, 1.54) is 46.0 Å². The molecule has 10 amide bonds. The van der Waals surface area contributed by atoms with Gasteiger partial charge in [-0.25, -0.2) is 0 Å². The Labute approximate surface area is 566 Å². The first-order valence-electron chi connectivity index (χ1n) is 32.8. The molecule has 0 spiro atoms. The van der Waals surface area contributed by atoms with E-state index in [1.54, 1.807) is 48.8 Å². The lowest BCUT2D eigenvalue weighted by Gasteiger charge is -2.34. The summed E-state index contributed by atoms with van der Waals surface area (Å²) in [7, 11) is 1.41. The average molecular weight is 1350 g/mol.